The van der Waals surface area contributed by atoms with Gasteiger partial charge in [0.25, 0.3) is 0 Å². The van der Waals surface area contributed by atoms with Crippen LogP contribution in [0.3, 0.4) is 0 Å². The van der Waals surface area contributed by atoms with Crippen LogP contribution >= 0.6 is 0 Å². The lowest BCUT2D eigenvalue weighted by atomic mass is 10.0. The third-order valence-corrected chi connectivity index (χ3v) is 4.10. The second-order valence-corrected chi connectivity index (χ2v) is 6.31. The van der Waals surface area contributed by atoms with E-state index in [1.807, 2.05) is 6.92 Å². The molecule has 1 aliphatic carbocycles. The quantitative estimate of drug-likeness (QED) is 0.103. The first kappa shape index (κ1) is 21.4. The van der Waals surface area contributed by atoms with Crippen LogP contribution < -0.4 is 0 Å². The van der Waals surface area contributed by atoms with E-state index in [0.717, 1.165) is 26.0 Å². The van der Waals surface area contributed by atoms with Crippen molar-refractivity contribution in [2.24, 2.45) is 4.99 Å². The van der Waals surface area contributed by atoms with Crippen LogP contribution in [0.5, 0.6) is 0 Å². The standard InChI is InChI=1S/C18H19F3N2O5/c1-3-4-7-28-18(25)11(8-22-10-5-6-10)17(24)12-13(19)9(2)14(20)15(21)16(12)23(26)27/h8,10,24H,3-7H2,1-2H3. The molecule has 0 amide bonds. The van der Waals surface area contributed by atoms with Gasteiger partial charge in [-0.15, -0.1) is 0 Å². The number of hydrogen-bond acceptors (Lipinski definition) is 6. The summed E-state index contributed by atoms with van der Waals surface area (Å²) in [7, 11) is 0. The number of nitro benzene ring substituents is 1. The summed E-state index contributed by atoms with van der Waals surface area (Å²) in [6.45, 7) is 2.69. The summed E-state index contributed by atoms with van der Waals surface area (Å²) in [5.74, 6) is -7.59. The Kier molecular flexibility index (Phi) is 6.76. The SMILES string of the molecule is CCCCOC(=O)C(C=NC1CC1)=C(O)c1c(F)c(C)c(F)c(F)c1[N+](=O)[O-]. The highest BCUT2D eigenvalue weighted by molar-refractivity contribution is 6.15. The zero-order valence-corrected chi connectivity index (χ0v) is 15.3. The van der Waals surface area contributed by atoms with Crippen LogP contribution in [-0.2, 0) is 9.53 Å². The molecule has 0 saturated heterocycles. The topological polar surface area (TPSA) is 102 Å². The first-order chi connectivity index (χ1) is 13.2. The van der Waals surface area contributed by atoms with Gasteiger partial charge in [0.05, 0.1) is 17.6 Å². The molecular weight excluding hydrogens is 381 g/mol. The fraction of sp³-hybridized carbons (Fsp3) is 0.444. The van der Waals surface area contributed by atoms with Crippen LogP contribution in [0.2, 0.25) is 0 Å². The van der Waals surface area contributed by atoms with Crippen molar-refractivity contribution in [2.45, 2.75) is 45.6 Å². The minimum absolute atomic E-state index is 0.00916. The molecule has 2 rings (SSSR count). The van der Waals surface area contributed by atoms with Gasteiger partial charge in [-0.2, -0.15) is 4.39 Å². The number of carbonyl (C=O) groups excluding carboxylic acids is 1. The summed E-state index contributed by atoms with van der Waals surface area (Å²) in [4.78, 5) is 26.1. The maximum Gasteiger partial charge on any atom is 0.343 e. The molecule has 0 heterocycles. The van der Waals surface area contributed by atoms with Crippen LogP contribution in [-0.4, -0.2) is 34.9 Å². The first-order valence-corrected chi connectivity index (χ1v) is 8.65. The Morgan fingerprint density at radius 3 is 2.50 bits per heavy atom. The van der Waals surface area contributed by atoms with E-state index in [1.54, 1.807) is 0 Å². The number of hydrogen-bond donors (Lipinski definition) is 1. The lowest BCUT2D eigenvalue weighted by Crippen LogP contribution is -2.15. The van der Waals surface area contributed by atoms with E-state index in [-0.39, 0.29) is 12.6 Å². The van der Waals surface area contributed by atoms with Crippen molar-refractivity contribution in [1.82, 2.24) is 0 Å². The fourth-order valence-corrected chi connectivity index (χ4v) is 2.29. The molecule has 7 nitrogen and oxygen atoms in total. The molecule has 0 radical (unpaired) electrons. The van der Waals surface area contributed by atoms with E-state index < -0.39 is 56.5 Å². The number of carbonyl (C=O) groups is 1. The molecule has 0 spiro atoms. The first-order valence-electron chi connectivity index (χ1n) is 8.65. The highest BCUT2D eigenvalue weighted by Crippen LogP contribution is 2.35. The van der Waals surface area contributed by atoms with Crippen LogP contribution in [0.1, 0.15) is 43.7 Å². The molecule has 1 fully saturated rings. The van der Waals surface area contributed by atoms with Gasteiger partial charge in [-0.05, 0) is 26.2 Å². The maximum atomic E-state index is 14.6. The van der Waals surface area contributed by atoms with Crippen LogP contribution in [0, 0.1) is 34.5 Å². The predicted octanol–water partition coefficient (Wildman–Crippen LogP) is 4.17. The third-order valence-electron chi connectivity index (χ3n) is 4.10. The molecule has 0 aromatic heterocycles. The molecular formula is C18H19F3N2O5. The Hall–Kier alpha value is -2.91. The smallest absolute Gasteiger partial charge is 0.343 e. The van der Waals surface area contributed by atoms with Crippen LogP contribution in [0.25, 0.3) is 5.76 Å². The fourth-order valence-electron chi connectivity index (χ4n) is 2.29. The lowest BCUT2D eigenvalue weighted by Gasteiger charge is -2.11. The molecule has 152 valence electrons. The monoisotopic (exact) mass is 400 g/mol. The zero-order chi connectivity index (χ0) is 21.0. The van der Waals surface area contributed by atoms with Crippen molar-refractivity contribution < 1.29 is 32.7 Å². The minimum Gasteiger partial charge on any atom is -0.506 e. The van der Waals surface area contributed by atoms with Gasteiger partial charge in [0.1, 0.15) is 22.7 Å². The Bertz CT molecular complexity index is 864. The molecule has 1 aromatic carbocycles. The predicted molar refractivity (Wildman–Crippen MR) is 94.6 cm³/mol. The number of aliphatic hydroxyl groups is 1. The summed E-state index contributed by atoms with van der Waals surface area (Å²) in [5.41, 5.74) is -4.39. The van der Waals surface area contributed by atoms with Gasteiger partial charge in [-0.1, -0.05) is 13.3 Å². The maximum absolute atomic E-state index is 14.6. The summed E-state index contributed by atoms with van der Waals surface area (Å²) >= 11 is 0. The van der Waals surface area contributed by atoms with Crippen molar-refractivity contribution in [3.8, 4) is 0 Å². The number of unbranched alkanes of at least 4 members (excludes halogenated alkanes) is 1. The second-order valence-electron chi connectivity index (χ2n) is 6.31. The van der Waals surface area contributed by atoms with E-state index in [0.29, 0.717) is 12.8 Å². The minimum atomic E-state index is -1.94. The average Bonchev–Trinajstić information content (AvgIpc) is 3.47. The van der Waals surface area contributed by atoms with Crippen molar-refractivity contribution >= 4 is 23.6 Å². The lowest BCUT2D eigenvalue weighted by molar-refractivity contribution is -0.388. The van der Waals surface area contributed by atoms with Gasteiger partial charge in [0.2, 0.25) is 5.82 Å². The number of ether oxygens (including phenoxy) is 1. The molecule has 1 aromatic rings. The Morgan fingerprint density at radius 1 is 1.32 bits per heavy atom. The number of nitrogens with zero attached hydrogens (tertiary/aromatic N) is 2. The molecule has 1 N–H and O–H groups in total. The summed E-state index contributed by atoms with van der Waals surface area (Å²) in [6.07, 6.45) is 3.62. The van der Waals surface area contributed by atoms with E-state index in [1.165, 1.54) is 0 Å². The molecule has 28 heavy (non-hydrogen) atoms. The van der Waals surface area contributed by atoms with Crippen molar-refractivity contribution in [3.63, 3.8) is 0 Å². The number of esters is 1. The van der Waals surface area contributed by atoms with Crippen molar-refractivity contribution in [1.29, 1.82) is 0 Å². The van der Waals surface area contributed by atoms with Gasteiger partial charge in [-0.25, -0.2) is 13.6 Å². The highest BCUT2D eigenvalue weighted by Gasteiger charge is 2.35. The molecule has 0 aliphatic heterocycles. The summed E-state index contributed by atoms with van der Waals surface area (Å²) < 4.78 is 47.3. The number of benzene rings is 1. The van der Waals surface area contributed by atoms with Crippen molar-refractivity contribution in [3.05, 3.63) is 44.3 Å². The van der Waals surface area contributed by atoms with Gasteiger partial charge < -0.3 is 9.84 Å². The Morgan fingerprint density at radius 2 is 1.96 bits per heavy atom. The van der Waals surface area contributed by atoms with Crippen LogP contribution in [0.4, 0.5) is 18.9 Å². The number of halogens is 3. The van der Waals surface area contributed by atoms with E-state index in [2.05, 4.69) is 4.99 Å². The van der Waals surface area contributed by atoms with Gasteiger partial charge in [0.15, 0.2) is 5.82 Å². The molecule has 10 heteroatoms. The zero-order valence-electron chi connectivity index (χ0n) is 15.3. The van der Waals surface area contributed by atoms with E-state index >= 15 is 0 Å². The third kappa shape index (κ3) is 4.49. The van der Waals surface area contributed by atoms with Gasteiger partial charge in [0, 0.05) is 11.8 Å². The molecule has 0 atom stereocenters. The normalized spacial score (nSPS) is 14.9. The Balaban J connectivity index is 2.66. The highest BCUT2D eigenvalue weighted by atomic mass is 19.2. The molecule has 0 unspecified atom stereocenters. The number of aliphatic imine (C=N–C) groups is 1. The van der Waals surface area contributed by atoms with Crippen molar-refractivity contribution in [2.75, 3.05) is 6.61 Å². The molecule has 1 saturated carbocycles. The summed E-state index contributed by atoms with van der Waals surface area (Å²) in [5, 5.41) is 21.6. The van der Waals surface area contributed by atoms with E-state index in [9.17, 15) is 33.2 Å². The second kappa shape index (κ2) is 8.85. The largest absolute Gasteiger partial charge is 0.506 e. The number of nitro groups is 1. The van der Waals surface area contributed by atoms with Crippen LogP contribution in [0.15, 0.2) is 10.6 Å². The van der Waals surface area contributed by atoms with Gasteiger partial charge >= 0.3 is 11.7 Å². The number of aliphatic hydroxyl groups excluding tert-OH is 1. The Labute approximate surface area is 158 Å². The van der Waals surface area contributed by atoms with E-state index in [4.69, 9.17) is 4.74 Å². The average molecular weight is 400 g/mol. The molecule has 0 bridgehead atoms. The summed E-state index contributed by atoms with van der Waals surface area (Å²) in [6, 6.07) is -0.0993. The molecule has 1 aliphatic rings. The van der Waals surface area contributed by atoms with Gasteiger partial charge in [-0.3, -0.25) is 15.1 Å². The number of rotatable bonds is 8.